The fourth-order valence-electron chi connectivity index (χ4n) is 8.94. The second-order valence-electron chi connectivity index (χ2n) is 14.6. The standard InChI is InChI=1S/C47H38Cl2N4O/c1-31-13-25-39(26-14-31)52-46(41(33-17-21-37(48)22-18-33)43(50-52)35-9-5-3-6-10-35)29-30-47(45(46)54)42(34-19-23-38(49)24-20-34)44(36-11-7-4-8-12-36)51-53(47)40-27-15-32(2)16-28-40/h3-28,41-42H,29-30H2,1-2H3. The molecule has 1 aliphatic carbocycles. The van der Waals surface area contributed by atoms with Crippen LogP contribution in [0.1, 0.15) is 58.1 Å². The van der Waals surface area contributed by atoms with Gasteiger partial charge < -0.3 is 0 Å². The second kappa shape index (κ2) is 13.4. The summed E-state index contributed by atoms with van der Waals surface area (Å²) in [5, 5.41) is 16.3. The summed E-state index contributed by atoms with van der Waals surface area (Å²) in [4.78, 5) is 16.8. The molecule has 0 aromatic heterocycles. The van der Waals surface area contributed by atoms with Crippen LogP contribution < -0.4 is 10.0 Å². The van der Waals surface area contributed by atoms with E-state index in [0.717, 1.165) is 56.2 Å². The lowest BCUT2D eigenvalue weighted by Crippen LogP contribution is -2.61. The zero-order chi connectivity index (χ0) is 37.0. The number of Topliss-reactive ketones (excluding diaryl/α,β-unsaturated/α-hetero) is 1. The molecular weight excluding hydrogens is 707 g/mol. The fraction of sp³-hybridized carbons (Fsp3) is 0.170. The molecule has 9 rings (SSSR count). The molecule has 1 saturated carbocycles. The quantitative estimate of drug-likeness (QED) is 0.171. The number of hydrogen-bond acceptors (Lipinski definition) is 5. The number of nitrogens with zero attached hydrogens (tertiary/aromatic N) is 4. The SMILES string of the molecule is Cc1ccc(N2N=C(c3ccccc3)C(c3ccc(Cl)cc3)C23CCC2(C3=O)C(c3ccc(Cl)cc3)C(c3ccccc3)=NN2c2ccc(C)cc2)cc1. The van der Waals surface area contributed by atoms with Crippen molar-refractivity contribution in [3.63, 3.8) is 0 Å². The van der Waals surface area contributed by atoms with Crippen LogP contribution >= 0.6 is 23.2 Å². The molecule has 54 heavy (non-hydrogen) atoms. The van der Waals surface area contributed by atoms with E-state index in [2.05, 4.69) is 111 Å². The molecule has 5 nitrogen and oxygen atoms in total. The average Bonchev–Trinajstić information content (AvgIpc) is 3.84. The van der Waals surface area contributed by atoms with E-state index in [1.807, 2.05) is 70.7 Å². The molecule has 2 spiro atoms. The normalized spacial score (nSPS) is 23.4. The number of rotatable bonds is 6. The highest BCUT2D eigenvalue weighted by Crippen LogP contribution is 2.61. The third-order valence-corrected chi connectivity index (χ3v) is 12.0. The first kappa shape index (κ1) is 34.3. The van der Waals surface area contributed by atoms with Crippen molar-refractivity contribution in [2.45, 2.75) is 49.6 Å². The number of carbonyl (C=O) groups excluding carboxylic acids is 1. The van der Waals surface area contributed by atoms with Gasteiger partial charge in [-0.15, -0.1) is 0 Å². The number of carbonyl (C=O) groups is 1. The second-order valence-corrected chi connectivity index (χ2v) is 15.5. The highest BCUT2D eigenvalue weighted by molar-refractivity contribution is 6.31. The zero-order valence-corrected chi connectivity index (χ0v) is 31.5. The number of hydrazone groups is 2. The van der Waals surface area contributed by atoms with Gasteiger partial charge in [-0.3, -0.25) is 14.8 Å². The van der Waals surface area contributed by atoms with Crippen molar-refractivity contribution in [1.82, 2.24) is 0 Å². The molecule has 7 heteroatoms. The Bertz CT molecular complexity index is 2230. The van der Waals surface area contributed by atoms with Crippen LogP contribution in [0.15, 0.2) is 168 Å². The number of benzene rings is 6. The first-order valence-electron chi connectivity index (χ1n) is 18.4. The fourth-order valence-corrected chi connectivity index (χ4v) is 9.19. The highest BCUT2D eigenvalue weighted by Gasteiger charge is 2.72. The Labute approximate surface area is 326 Å². The van der Waals surface area contributed by atoms with Crippen LogP contribution in [0.3, 0.4) is 0 Å². The van der Waals surface area contributed by atoms with Crippen molar-refractivity contribution in [3.8, 4) is 0 Å². The van der Waals surface area contributed by atoms with E-state index in [-0.39, 0.29) is 5.78 Å². The molecule has 6 aromatic rings. The smallest absolute Gasteiger partial charge is 0.190 e. The Morgan fingerprint density at radius 1 is 0.500 bits per heavy atom. The maximum atomic E-state index is 16.8. The Hall–Kier alpha value is -5.49. The molecule has 4 atom stereocenters. The molecule has 4 unspecified atom stereocenters. The molecule has 1 fully saturated rings. The van der Waals surface area contributed by atoms with Crippen LogP contribution in [0.2, 0.25) is 10.0 Å². The average molecular weight is 746 g/mol. The molecule has 3 aliphatic rings. The summed E-state index contributed by atoms with van der Waals surface area (Å²) in [6.45, 7) is 4.15. The summed E-state index contributed by atoms with van der Waals surface area (Å²) in [7, 11) is 0. The summed E-state index contributed by atoms with van der Waals surface area (Å²) in [6.07, 6.45) is 1.05. The molecular formula is C47H38Cl2N4O. The van der Waals surface area contributed by atoms with Gasteiger partial charge in [0, 0.05) is 10.0 Å². The van der Waals surface area contributed by atoms with Crippen molar-refractivity contribution in [3.05, 3.63) is 201 Å². The number of ketones is 1. The van der Waals surface area contributed by atoms with E-state index in [4.69, 9.17) is 33.4 Å². The third kappa shape index (κ3) is 5.40. The first-order valence-corrected chi connectivity index (χ1v) is 19.1. The van der Waals surface area contributed by atoms with E-state index in [0.29, 0.717) is 22.9 Å². The van der Waals surface area contributed by atoms with Crippen molar-refractivity contribution < 1.29 is 4.79 Å². The van der Waals surface area contributed by atoms with E-state index in [1.54, 1.807) is 0 Å². The van der Waals surface area contributed by atoms with Gasteiger partial charge in [-0.2, -0.15) is 10.2 Å². The zero-order valence-electron chi connectivity index (χ0n) is 30.0. The topological polar surface area (TPSA) is 48.3 Å². The van der Waals surface area contributed by atoms with Crippen LogP contribution in [0.4, 0.5) is 11.4 Å². The maximum absolute atomic E-state index is 16.8. The Morgan fingerprint density at radius 2 is 0.852 bits per heavy atom. The Kier molecular flexibility index (Phi) is 8.52. The van der Waals surface area contributed by atoms with Crippen molar-refractivity contribution >= 4 is 51.8 Å². The van der Waals surface area contributed by atoms with Gasteiger partial charge in [0.25, 0.3) is 0 Å². The lowest BCUT2D eigenvalue weighted by molar-refractivity contribution is -0.126. The summed E-state index contributed by atoms with van der Waals surface area (Å²) in [5.74, 6) is -0.769. The van der Waals surface area contributed by atoms with Gasteiger partial charge in [0.05, 0.1) is 34.6 Å². The monoisotopic (exact) mass is 744 g/mol. The van der Waals surface area contributed by atoms with Gasteiger partial charge in [0.1, 0.15) is 11.1 Å². The van der Waals surface area contributed by atoms with Gasteiger partial charge >= 0.3 is 0 Å². The number of halogens is 2. The predicted molar refractivity (Wildman–Crippen MR) is 221 cm³/mol. The number of hydrogen-bond donors (Lipinski definition) is 0. The van der Waals surface area contributed by atoms with Crippen LogP contribution in [-0.2, 0) is 4.79 Å². The van der Waals surface area contributed by atoms with E-state index in [9.17, 15) is 0 Å². The molecule has 0 radical (unpaired) electrons. The van der Waals surface area contributed by atoms with Gasteiger partial charge in [0.2, 0.25) is 0 Å². The third-order valence-electron chi connectivity index (χ3n) is 11.4. The Balaban J connectivity index is 1.33. The van der Waals surface area contributed by atoms with Gasteiger partial charge in [-0.25, -0.2) is 0 Å². The minimum atomic E-state index is -1.12. The van der Waals surface area contributed by atoms with Crippen LogP contribution in [-0.4, -0.2) is 28.3 Å². The lowest BCUT2D eigenvalue weighted by atomic mass is 9.68. The lowest BCUT2D eigenvalue weighted by Gasteiger charge is -2.43. The van der Waals surface area contributed by atoms with Crippen molar-refractivity contribution in [1.29, 1.82) is 0 Å². The van der Waals surface area contributed by atoms with E-state index >= 15 is 4.79 Å². The summed E-state index contributed by atoms with van der Waals surface area (Å²) < 4.78 is 0. The van der Waals surface area contributed by atoms with E-state index < -0.39 is 22.9 Å². The Morgan fingerprint density at radius 3 is 1.20 bits per heavy atom. The molecule has 0 amide bonds. The van der Waals surface area contributed by atoms with Crippen molar-refractivity contribution in [2.24, 2.45) is 10.2 Å². The van der Waals surface area contributed by atoms with Crippen LogP contribution in [0.5, 0.6) is 0 Å². The largest absolute Gasteiger partial charge is 0.294 e. The summed E-state index contributed by atoms with van der Waals surface area (Å²) >= 11 is 13.0. The molecule has 6 aromatic carbocycles. The van der Waals surface area contributed by atoms with E-state index in [1.165, 1.54) is 0 Å². The highest BCUT2D eigenvalue weighted by atomic mass is 35.5. The molecule has 2 aliphatic heterocycles. The van der Waals surface area contributed by atoms with Gasteiger partial charge in [-0.05, 0) is 97.5 Å². The van der Waals surface area contributed by atoms with Gasteiger partial charge in [0.15, 0.2) is 5.78 Å². The summed E-state index contributed by atoms with van der Waals surface area (Å²) in [5.41, 5.74) is 7.34. The first-order chi connectivity index (χ1) is 26.3. The van der Waals surface area contributed by atoms with Crippen LogP contribution in [0.25, 0.3) is 0 Å². The molecule has 2 heterocycles. The molecule has 0 saturated heterocycles. The van der Waals surface area contributed by atoms with Crippen LogP contribution in [0, 0.1) is 13.8 Å². The minimum Gasteiger partial charge on any atom is -0.294 e. The molecule has 0 N–H and O–H groups in total. The van der Waals surface area contributed by atoms with Crippen molar-refractivity contribution in [2.75, 3.05) is 10.0 Å². The molecule has 266 valence electrons. The predicted octanol–water partition coefficient (Wildman–Crippen LogP) is 11.2. The van der Waals surface area contributed by atoms with Gasteiger partial charge in [-0.1, -0.05) is 144 Å². The number of anilines is 2. The minimum absolute atomic E-state index is 0.0698. The maximum Gasteiger partial charge on any atom is 0.190 e. The number of aryl methyl sites for hydroxylation is 2. The molecule has 0 bridgehead atoms. The summed E-state index contributed by atoms with van der Waals surface area (Å²) in [6, 6.07) is 53.1.